The van der Waals surface area contributed by atoms with E-state index < -0.39 is 0 Å². The summed E-state index contributed by atoms with van der Waals surface area (Å²) in [5.41, 5.74) is 10.5. The number of hydrogen-bond donors (Lipinski definition) is 0. The minimum atomic E-state index is 0.675. The first-order valence-electron chi connectivity index (χ1n) is 11.7. The summed E-state index contributed by atoms with van der Waals surface area (Å²) in [7, 11) is 30.8. The van der Waals surface area contributed by atoms with Crippen LogP contribution in [0.15, 0.2) is 30.3 Å². The Morgan fingerprint density at radius 2 is 0.727 bits per heavy atom. The highest BCUT2D eigenvalue weighted by molar-refractivity contribution is 8.75. The van der Waals surface area contributed by atoms with Crippen molar-refractivity contribution in [2.24, 2.45) is 0 Å². The van der Waals surface area contributed by atoms with Crippen molar-refractivity contribution in [3.63, 3.8) is 0 Å². The predicted molar refractivity (Wildman–Crippen MR) is 263 cm³/mol. The van der Waals surface area contributed by atoms with Gasteiger partial charge in [-0.25, -0.2) is 0 Å². The molecule has 0 bridgehead atoms. The molecule has 0 aliphatic heterocycles. The highest BCUT2D eigenvalue weighted by Gasteiger charge is 2.25. The normalized spacial score (nSPS) is 10.1. The van der Waals surface area contributed by atoms with Gasteiger partial charge in [-0.1, -0.05) is 44.2 Å². The summed E-state index contributed by atoms with van der Waals surface area (Å²) >= 11 is 18.7. The van der Waals surface area contributed by atoms with Gasteiger partial charge in [0, 0.05) is 213 Å². The van der Waals surface area contributed by atoms with Crippen LogP contribution in [0.5, 0.6) is 0 Å². The zero-order valence-corrected chi connectivity index (χ0v) is 42.5. The Balaban J connectivity index is 0.000000650. The van der Waals surface area contributed by atoms with Gasteiger partial charge in [0.1, 0.15) is 0 Å². The monoisotopic (exact) mass is 1020 g/mol. The van der Waals surface area contributed by atoms with Gasteiger partial charge in [-0.15, -0.1) is 0 Å². The van der Waals surface area contributed by atoms with E-state index in [0.29, 0.717) is 5.92 Å². The first-order chi connectivity index (χ1) is 21.4. The summed E-state index contributed by atoms with van der Waals surface area (Å²) in [6, 6.07) is 11.5. The zero-order valence-electron chi connectivity index (χ0n) is 23.8. The lowest BCUT2D eigenvalue weighted by molar-refractivity contribution is 0.738. The molecule has 0 nitrogen and oxygen atoms in total. The summed E-state index contributed by atoms with van der Waals surface area (Å²) in [5.74, 6) is 0.675. The van der Waals surface area contributed by atoms with Gasteiger partial charge >= 0.3 is 0 Å². The summed E-state index contributed by atoms with van der Waals surface area (Å²) in [6.45, 7) is 12.9. The number of fused-ring (bicyclic) bond motifs is 1. The van der Waals surface area contributed by atoms with E-state index in [0.717, 1.165) is 0 Å². The fraction of sp³-hybridized carbons (Fsp3) is 0.429. The molecule has 2 aromatic rings. The second kappa shape index (κ2) is 33.6. The molecular weight excluding hydrogens is 990 g/mol. The van der Waals surface area contributed by atoms with Crippen molar-refractivity contribution in [3.05, 3.63) is 69.3 Å². The second-order valence-electron chi connectivity index (χ2n) is 7.40. The lowest BCUT2D eigenvalue weighted by Gasteiger charge is -2.12. The molecule has 1 aliphatic rings. The van der Waals surface area contributed by atoms with Gasteiger partial charge in [0.2, 0.25) is 0 Å². The zero-order chi connectivity index (χ0) is 33.0. The molecule has 44 heavy (non-hydrogen) atoms. The summed E-state index contributed by atoms with van der Waals surface area (Å²) in [6.07, 6.45) is 2.43. The van der Waals surface area contributed by atoms with Crippen LogP contribution in [0.4, 0.5) is 0 Å². The summed E-state index contributed by atoms with van der Waals surface area (Å²) < 4.78 is 0. The van der Waals surface area contributed by atoms with E-state index in [9.17, 15) is 0 Å². The van der Waals surface area contributed by atoms with Crippen molar-refractivity contribution in [2.45, 2.75) is 60.3 Å². The van der Waals surface area contributed by atoms with Crippen molar-refractivity contribution >= 4 is 213 Å². The van der Waals surface area contributed by atoms with Gasteiger partial charge < -0.3 is 0 Å². The van der Waals surface area contributed by atoms with E-state index in [2.05, 4.69) is 103 Å². The van der Waals surface area contributed by atoms with Gasteiger partial charge in [-0.2, -0.15) is 0 Å². The van der Waals surface area contributed by atoms with Crippen LogP contribution in [-0.2, 0) is 226 Å². The first-order valence-corrected chi connectivity index (χ1v) is 39.7. The van der Waals surface area contributed by atoms with E-state index in [1.807, 2.05) is 13.8 Å². The third-order valence-corrected chi connectivity index (χ3v) is 43.1. The SMILES string of the molecule is CC.Cc1ccc(C2Cc3c(C)ccc(C)c3C2)cc1C.S=S=S=S=S=S=S=S=S=S=S.S=S=S=S=S=S=S=S=S=S=S=S. The van der Waals surface area contributed by atoms with Crippen LogP contribution >= 0.6 is 0 Å². The van der Waals surface area contributed by atoms with Crippen molar-refractivity contribution in [2.75, 3.05) is 0 Å². The molecule has 3 rings (SSSR count). The number of rotatable bonds is 1. The molecule has 0 saturated heterocycles. The van der Waals surface area contributed by atoms with Gasteiger partial charge in [0.05, 0.1) is 0 Å². The maximum atomic E-state index is 4.69. The van der Waals surface area contributed by atoms with Gasteiger partial charge in [0.25, 0.3) is 0 Å². The third-order valence-electron chi connectivity index (χ3n) is 5.28. The maximum Gasteiger partial charge on any atom is 0 e. The quantitative estimate of drug-likeness (QED) is 0.356. The van der Waals surface area contributed by atoms with Crippen LogP contribution in [-0.4, -0.2) is 0 Å². The minimum absolute atomic E-state index is 0.675. The van der Waals surface area contributed by atoms with E-state index in [4.69, 9.17) is 0 Å². The molecule has 0 fully saturated rings. The Hall–Kier alpha value is 3.50. The molecular formula is C21H28S23. The molecule has 0 spiro atoms. The first kappa shape index (κ1) is 47.5. The Labute approximate surface area is 336 Å². The van der Waals surface area contributed by atoms with Crippen LogP contribution in [0.3, 0.4) is 0 Å². The van der Waals surface area contributed by atoms with Crippen molar-refractivity contribution in [1.29, 1.82) is 0 Å². The molecule has 0 radical (unpaired) electrons. The second-order valence-corrected chi connectivity index (χ2v) is 41.0. The van der Waals surface area contributed by atoms with Crippen LogP contribution in [0.2, 0.25) is 0 Å². The van der Waals surface area contributed by atoms with E-state index in [1.54, 1.807) is 144 Å². The minimum Gasteiger partial charge on any atom is -0.0683 e. The molecule has 1 aliphatic carbocycles. The largest absolute Gasteiger partial charge is 0.0683 e. The molecule has 0 atom stereocenters. The lowest BCUT2D eigenvalue weighted by Crippen LogP contribution is -1.99. The standard InChI is InChI=1S/C19H22.C2H6.S12.S11/c1-12-7-8-16(9-15(12)4)17-10-18-13(2)5-6-14(3)19(18)11-17;1-2;1-3-5-7-9-11-12-10-8-6-4-2;1-3-5-7-9-11-10-8-6-4-2/h5-9,17H,10-11H2,1-4H3;1-2H3;;. The number of hydrogen-bond acceptors (Lipinski definition) is 4. The molecule has 0 aromatic heterocycles. The Kier molecular flexibility index (Phi) is 36.3. The average molecular weight is 1020 g/mol. The van der Waals surface area contributed by atoms with E-state index in [-0.39, 0.29) is 0 Å². The van der Waals surface area contributed by atoms with Crippen LogP contribution < -0.4 is 0 Å². The van der Waals surface area contributed by atoms with Crippen LogP contribution in [0.25, 0.3) is 0 Å². The lowest BCUT2D eigenvalue weighted by atomic mass is 9.93. The van der Waals surface area contributed by atoms with Crippen molar-refractivity contribution in [3.8, 4) is 0 Å². The third kappa shape index (κ3) is 23.1. The number of benzene rings is 2. The molecule has 0 unspecified atom stereocenters. The smallest absolute Gasteiger partial charge is 0 e. The van der Waals surface area contributed by atoms with Crippen molar-refractivity contribution in [1.82, 2.24) is 0 Å². The maximum absolute atomic E-state index is 4.69. The molecule has 23 heteroatoms. The Bertz CT molecular complexity index is 1980. The van der Waals surface area contributed by atoms with Gasteiger partial charge in [0.15, 0.2) is 0 Å². The van der Waals surface area contributed by atoms with Crippen molar-refractivity contribution < 1.29 is 0 Å². The highest BCUT2D eigenvalue weighted by Crippen LogP contribution is 2.37. The predicted octanol–water partition coefficient (Wildman–Crippen LogP) is 5.77. The fourth-order valence-corrected chi connectivity index (χ4v) is 44.6. The van der Waals surface area contributed by atoms with Crippen LogP contribution in [0.1, 0.15) is 58.7 Å². The Morgan fingerprint density at radius 1 is 0.432 bits per heavy atom. The molecule has 2 aromatic carbocycles. The highest BCUT2D eigenvalue weighted by atomic mass is 33.5. The van der Waals surface area contributed by atoms with Crippen LogP contribution in [0, 0.1) is 27.7 Å². The molecule has 0 amide bonds. The van der Waals surface area contributed by atoms with E-state index >= 15 is 0 Å². The number of aryl methyl sites for hydroxylation is 4. The molecule has 0 saturated carbocycles. The summed E-state index contributed by atoms with van der Waals surface area (Å²) in [5, 5.41) is 0. The fourth-order valence-electron chi connectivity index (χ4n) is 3.48. The average Bonchev–Trinajstić information content (AvgIpc) is 3.50. The molecule has 250 valence electrons. The van der Waals surface area contributed by atoms with Gasteiger partial charge in [-0.05, 0) is 85.4 Å². The van der Waals surface area contributed by atoms with Gasteiger partial charge in [-0.3, -0.25) is 0 Å². The summed E-state index contributed by atoms with van der Waals surface area (Å²) in [4.78, 5) is 0. The topological polar surface area (TPSA) is 0 Å². The Morgan fingerprint density at radius 3 is 1.02 bits per heavy atom. The molecule has 0 heterocycles. The van der Waals surface area contributed by atoms with E-state index in [1.165, 1.54) is 76.2 Å². The molecule has 0 N–H and O–H groups in total.